The number of nitrogens with one attached hydrogen (secondary N) is 1. The van der Waals surface area contributed by atoms with Crippen molar-refractivity contribution in [3.63, 3.8) is 0 Å². The van der Waals surface area contributed by atoms with Gasteiger partial charge in [-0.3, -0.25) is 19.2 Å². The van der Waals surface area contributed by atoms with Crippen LogP contribution in [0.1, 0.15) is 49.3 Å². The summed E-state index contributed by atoms with van der Waals surface area (Å²) in [7, 11) is 1.73. The van der Waals surface area contributed by atoms with Crippen LogP contribution in [0, 0.1) is 6.92 Å². The number of para-hydroxylation sites is 2. The number of hydrogen-bond donors (Lipinski definition) is 1. The molecule has 3 rings (SSSR count). The third-order valence-electron chi connectivity index (χ3n) is 5.19. The van der Waals surface area contributed by atoms with Gasteiger partial charge < -0.3 is 10.2 Å². The van der Waals surface area contributed by atoms with E-state index in [0.29, 0.717) is 41.4 Å². The molecular formula is C21H29N5O2. The number of hydrogen-bond acceptors (Lipinski definition) is 4. The minimum absolute atomic E-state index is 0.0313. The molecule has 28 heavy (non-hydrogen) atoms. The number of carbonyl (C=O) groups excluding carboxylic acids is 2. The molecule has 0 saturated heterocycles. The fraction of sp³-hybridized carbons (Fsp3) is 0.476. The van der Waals surface area contributed by atoms with E-state index in [-0.39, 0.29) is 11.8 Å². The first kappa shape index (κ1) is 20.1. The molecule has 1 aliphatic heterocycles. The molecule has 150 valence electrons. The lowest BCUT2D eigenvalue weighted by atomic mass is 10.2. The van der Waals surface area contributed by atoms with Gasteiger partial charge in [-0.15, -0.1) is 0 Å². The molecule has 0 spiro atoms. The number of carbonyl (C=O) groups is 2. The van der Waals surface area contributed by atoms with Crippen LogP contribution in [0.5, 0.6) is 0 Å². The summed E-state index contributed by atoms with van der Waals surface area (Å²) in [6.07, 6.45) is 2.64. The number of rotatable bonds is 7. The van der Waals surface area contributed by atoms with Gasteiger partial charge in [-0.1, -0.05) is 32.4 Å². The van der Waals surface area contributed by atoms with E-state index in [1.807, 2.05) is 31.2 Å². The minimum Gasteiger partial charge on any atom is -0.319 e. The molecule has 0 atom stereocenters. The average molecular weight is 383 g/mol. The highest BCUT2D eigenvalue weighted by molar-refractivity contribution is 6.17. The number of fused-ring (bicyclic) bond motifs is 2. The Morgan fingerprint density at radius 1 is 1.21 bits per heavy atom. The Morgan fingerprint density at radius 3 is 2.68 bits per heavy atom. The summed E-state index contributed by atoms with van der Waals surface area (Å²) in [5.74, 6) is -0.282. The molecule has 0 unspecified atom stereocenters. The van der Waals surface area contributed by atoms with Crippen LogP contribution >= 0.6 is 0 Å². The van der Waals surface area contributed by atoms with Crippen LogP contribution in [0.4, 0.5) is 17.1 Å². The molecule has 1 aromatic carbocycles. The Bertz CT molecular complexity index is 874. The molecule has 1 aliphatic rings. The van der Waals surface area contributed by atoms with Crippen molar-refractivity contribution in [1.29, 1.82) is 0 Å². The first-order chi connectivity index (χ1) is 13.5. The Morgan fingerprint density at radius 2 is 1.96 bits per heavy atom. The normalized spacial score (nSPS) is 13.2. The molecule has 0 aliphatic carbocycles. The lowest BCUT2D eigenvalue weighted by Gasteiger charge is -2.25. The third-order valence-corrected chi connectivity index (χ3v) is 5.19. The number of anilines is 3. The standard InChI is InChI=1S/C21H29N5O2/c1-5-7-13-25(6-2)14-12-18(27)26-17-11-9-8-10-16(17)22-21(28)20-19(26)15(3)23-24(20)4/h8-11H,5-7,12-14H2,1-4H3,(H,22,28). The van der Waals surface area contributed by atoms with Gasteiger partial charge in [-0.2, -0.15) is 5.10 Å². The third kappa shape index (κ3) is 3.80. The van der Waals surface area contributed by atoms with E-state index in [1.165, 1.54) is 0 Å². The first-order valence-corrected chi connectivity index (χ1v) is 9.97. The molecule has 0 saturated carbocycles. The number of benzene rings is 1. The largest absolute Gasteiger partial charge is 0.319 e. The Balaban J connectivity index is 1.96. The maximum absolute atomic E-state index is 13.4. The predicted octanol–water partition coefficient (Wildman–Crippen LogP) is 3.47. The van der Waals surface area contributed by atoms with E-state index < -0.39 is 0 Å². The molecule has 0 fully saturated rings. The van der Waals surface area contributed by atoms with E-state index in [2.05, 4.69) is 29.2 Å². The van der Waals surface area contributed by atoms with Gasteiger partial charge >= 0.3 is 0 Å². The fourth-order valence-electron chi connectivity index (χ4n) is 3.68. The summed E-state index contributed by atoms with van der Waals surface area (Å²) in [5, 5.41) is 7.31. The molecule has 1 N–H and O–H groups in total. The van der Waals surface area contributed by atoms with Crippen LogP contribution in [0.3, 0.4) is 0 Å². The summed E-state index contributed by atoms with van der Waals surface area (Å²) in [6.45, 7) is 8.73. The molecule has 0 radical (unpaired) electrons. The van der Waals surface area contributed by atoms with Crippen molar-refractivity contribution in [3.8, 4) is 0 Å². The Hall–Kier alpha value is -2.67. The van der Waals surface area contributed by atoms with Crippen molar-refractivity contribution < 1.29 is 9.59 Å². The van der Waals surface area contributed by atoms with Crippen molar-refractivity contribution in [2.75, 3.05) is 29.9 Å². The van der Waals surface area contributed by atoms with Crippen molar-refractivity contribution in [3.05, 3.63) is 35.7 Å². The predicted molar refractivity (Wildman–Crippen MR) is 111 cm³/mol. The van der Waals surface area contributed by atoms with Crippen molar-refractivity contribution in [2.24, 2.45) is 7.05 Å². The van der Waals surface area contributed by atoms with Gasteiger partial charge in [0.05, 0.1) is 17.1 Å². The summed E-state index contributed by atoms with van der Waals surface area (Å²) in [4.78, 5) is 30.1. The fourth-order valence-corrected chi connectivity index (χ4v) is 3.68. The highest BCUT2D eigenvalue weighted by atomic mass is 16.2. The second-order valence-corrected chi connectivity index (χ2v) is 7.14. The first-order valence-electron chi connectivity index (χ1n) is 9.97. The second kappa shape index (κ2) is 8.56. The number of unbranched alkanes of at least 4 members (excludes halogenated alkanes) is 1. The second-order valence-electron chi connectivity index (χ2n) is 7.14. The van der Waals surface area contributed by atoms with Crippen LogP contribution in [0.2, 0.25) is 0 Å². The van der Waals surface area contributed by atoms with Crippen molar-refractivity contribution in [2.45, 2.75) is 40.0 Å². The Kier molecular flexibility index (Phi) is 6.14. The van der Waals surface area contributed by atoms with E-state index in [0.717, 1.165) is 25.9 Å². The molecule has 2 amide bonds. The number of nitrogens with zero attached hydrogens (tertiary/aromatic N) is 4. The van der Waals surface area contributed by atoms with Gasteiger partial charge in [0, 0.05) is 20.0 Å². The van der Waals surface area contributed by atoms with E-state index in [4.69, 9.17) is 0 Å². The van der Waals surface area contributed by atoms with E-state index in [1.54, 1.807) is 16.6 Å². The molecular weight excluding hydrogens is 354 g/mol. The van der Waals surface area contributed by atoms with Crippen molar-refractivity contribution >= 4 is 28.9 Å². The number of aromatic nitrogens is 2. The zero-order valence-electron chi connectivity index (χ0n) is 17.2. The SMILES string of the molecule is CCCCN(CC)CCC(=O)N1c2ccccc2NC(=O)c2c1c(C)nn2C. The monoisotopic (exact) mass is 383 g/mol. The summed E-state index contributed by atoms with van der Waals surface area (Å²) in [5.41, 5.74) is 2.96. The topological polar surface area (TPSA) is 70.5 Å². The van der Waals surface area contributed by atoms with E-state index in [9.17, 15) is 9.59 Å². The average Bonchev–Trinajstić information content (AvgIpc) is 2.89. The minimum atomic E-state index is -0.251. The van der Waals surface area contributed by atoms with Crippen LogP contribution in [-0.2, 0) is 11.8 Å². The van der Waals surface area contributed by atoms with Crippen LogP contribution in [0.15, 0.2) is 24.3 Å². The van der Waals surface area contributed by atoms with E-state index >= 15 is 0 Å². The van der Waals surface area contributed by atoms with Crippen LogP contribution < -0.4 is 10.2 Å². The van der Waals surface area contributed by atoms with Gasteiger partial charge in [-0.25, -0.2) is 0 Å². The quantitative estimate of drug-likeness (QED) is 0.795. The molecule has 2 aromatic rings. The molecule has 7 heteroatoms. The summed E-state index contributed by atoms with van der Waals surface area (Å²) >= 11 is 0. The zero-order chi connectivity index (χ0) is 20.3. The molecule has 0 bridgehead atoms. The lowest BCUT2D eigenvalue weighted by molar-refractivity contribution is -0.118. The van der Waals surface area contributed by atoms with Crippen molar-refractivity contribution in [1.82, 2.24) is 14.7 Å². The van der Waals surface area contributed by atoms with Gasteiger partial charge in [0.15, 0.2) is 5.69 Å². The lowest BCUT2D eigenvalue weighted by Crippen LogP contribution is -2.33. The molecule has 1 aromatic heterocycles. The molecule has 7 nitrogen and oxygen atoms in total. The summed E-state index contributed by atoms with van der Waals surface area (Å²) in [6, 6.07) is 7.42. The Labute approximate surface area is 166 Å². The van der Waals surface area contributed by atoms with Gasteiger partial charge in [0.25, 0.3) is 5.91 Å². The van der Waals surface area contributed by atoms with Crippen LogP contribution in [-0.4, -0.2) is 46.1 Å². The van der Waals surface area contributed by atoms with Gasteiger partial charge in [0.2, 0.25) is 5.91 Å². The van der Waals surface area contributed by atoms with Crippen LogP contribution in [0.25, 0.3) is 0 Å². The maximum Gasteiger partial charge on any atom is 0.276 e. The summed E-state index contributed by atoms with van der Waals surface area (Å²) < 4.78 is 1.55. The number of aryl methyl sites for hydroxylation is 2. The highest BCUT2D eigenvalue weighted by Crippen LogP contribution is 2.39. The highest BCUT2D eigenvalue weighted by Gasteiger charge is 2.33. The zero-order valence-corrected chi connectivity index (χ0v) is 17.2. The smallest absolute Gasteiger partial charge is 0.276 e. The van der Waals surface area contributed by atoms with Gasteiger partial charge in [0.1, 0.15) is 5.69 Å². The molecule has 2 heterocycles. The number of amides is 2. The van der Waals surface area contributed by atoms with Gasteiger partial charge in [-0.05, 0) is 38.6 Å². The maximum atomic E-state index is 13.4.